The summed E-state index contributed by atoms with van der Waals surface area (Å²) in [5.41, 5.74) is -0.251. The maximum Gasteiger partial charge on any atom is 0.311 e. The molecule has 0 aliphatic heterocycles. The summed E-state index contributed by atoms with van der Waals surface area (Å²) >= 11 is 0. The van der Waals surface area contributed by atoms with Gasteiger partial charge in [-0.25, -0.2) is 0 Å². The van der Waals surface area contributed by atoms with Crippen LogP contribution in [-0.2, 0) is 9.53 Å². The van der Waals surface area contributed by atoms with Crippen molar-refractivity contribution >= 4 is 11.8 Å². The standard InChI is InChI=1S/C14H18O4/c1-14(2,13(16)18-4)9-12(15)10-5-7-11(17-3)8-6-10/h5-8H,9H2,1-4H3. The van der Waals surface area contributed by atoms with Crippen molar-refractivity contribution in [3.63, 3.8) is 0 Å². The summed E-state index contributed by atoms with van der Waals surface area (Å²) in [5.74, 6) is 0.219. The van der Waals surface area contributed by atoms with Crippen molar-refractivity contribution in [3.05, 3.63) is 29.8 Å². The van der Waals surface area contributed by atoms with Gasteiger partial charge in [0.05, 0.1) is 19.6 Å². The average Bonchev–Trinajstić information content (AvgIpc) is 2.37. The molecule has 0 saturated carbocycles. The lowest BCUT2D eigenvalue weighted by Gasteiger charge is -2.20. The van der Waals surface area contributed by atoms with Gasteiger partial charge in [0.15, 0.2) is 5.78 Å². The highest BCUT2D eigenvalue weighted by Gasteiger charge is 2.31. The minimum Gasteiger partial charge on any atom is -0.497 e. The van der Waals surface area contributed by atoms with Crippen molar-refractivity contribution in [1.29, 1.82) is 0 Å². The predicted octanol–water partition coefficient (Wildman–Crippen LogP) is 2.47. The maximum absolute atomic E-state index is 12.0. The smallest absolute Gasteiger partial charge is 0.311 e. The first-order chi connectivity index (χ1) is 8.40. The second-order valence-electron chi connectivity index (χ2n) is 4.70. The van der Waals surface area contributed by atoms with E-state index >= 15 is 0 Å². The zero-order valence-electron chi connectivity index (χ0n) is 11.1. The van der Waals surface area contributed by atoms with Crippen LogP contribution in [0, 0.1) is 5.41 Å². The quantitative estimate of drug-likeness (QED) is 0.595. The number of hydrogen-bond donors (Lipinski definition) is 0. The summed E-state index contributed by atoms with van der Waals surface area (Å²) in [6.07, 6.45) is 0.117. The number of esters is 1. The SMILES string of the molecule is COC(=O)C(C)(C)CC(=O)c1ccc(OC)cc1. The highest BCUT2D eigenvalue weighted by Crippen LogP contribution is 2.25. The second-order valence-corrected chi connectivity index (χ2v) is 4.70. The summed E-state index contributed by atoms with van der Waals surface area (Å²) in [6, 6.07) is 6.82. The van der Waals surface area contributed by atoms with E-state index < -0.39 is 5.41 Å². The van der Waals surface area contributed by atoms with Gasteiger partial charge in [-0.05, 0) is 38.1 Å². The fourth-order valence-corrected chi connectivity index (χ4v) is 1.63. The van der Waals surface area contributed by atoms with Gasteiger partial charge < -0.3 is 9.47 Å². The highest BCUT2D eigenvalue weighted by molar-refractivity contribution is 5.98. The first kappa shape index (κ1) is 14.2. The van der Waals surface area contributed by atoms with Gasteiger partial charge in [0.2, 0.25) is 0 Å². The van der Waals surface area contributed by atoms with Gasteiger partial charge in [-0.3, -0.25) is 9.59 Å². The van der Waals surface area contributed by atoms with E-state index in [1.807, 2.05) is 0 Å². The fourth-order valence-electron chi connectivity index (χ4n) is 1.63. The summed E-state index contributed by atoms with van der Waals surface area (Å²) in [6.45, 7) is 3.39. The molecule has 18 heavy (non-hydrogen) atoms. The summed E-state index contributed by atoms with van der Waals surface area (Å²) < 4.78 is 9.70. The van der Waals surface area contributed by atoms with Gasteiger partial charge in [-0.2, -0.15) is 0 Å². The molecule has 0 unspecified atom stereocenters. The van der Waals surface area contributed by atoms with E-state index in [-0.39, 0.29) is 18.2 Å². The minimum absolute atomic E-state index is 0.0898. The molecule has 0 saturated heterocycles. The monoisotopic (exact) mass is 250 g/mol. The number of methoxy groups -OCH3 is 2. The Hall–Kier alpha value is -1.84. The summed E-state index contributed by atoms with van der Waals surface area (Å²) in [5, 5.41) is 0. The average molecular weight is 250 g/mol. The lowest BCUT2D eigenvalue weighted by atomic mass is 9.85. The Bertz CT molecular complexity index is 432. The first-order valence-electron chi connectivity index (χ1n) is 5.66. The number of carbonyl (C=O) groups is 2. The Kier molecular flexibility index (Phi) is 4.48. The largest absolute Gasteiger partial charge is 0.497 e. The molecule has 0 amide bonds. The van der Waals surface area contributed by atoms with Crippen molar-refractivity contribution < 1.29 is 19.1 Å². The van der Waals surface area contributed by atoms with Gasteiger partial charge in [0, 0.05) is 12.0 Å². The summed E-state index contributed by atoms with van der Waals surface area (Å²) in [7, 11) is 2.89. The molecule has 1 rings (SSSR count). The molecular formula is C14H18O4. The molecule has 0 atom stereocenters. The maximum atomic E-state index is 12.0. The molecule has 4 nitrogen and oxygen atoms in total. The third-order valence-electron chi connectivity index (χ3n) is 2.75. The van der Waals surface area contributed by atoms with Gasteiger partial charge in [-0.1, -0.05) is 0 Å². The third-order valence-corrected chi connectivity index (χ3v) is 2.75. The molecule has 1 aromatic rings. The number of carbonyl (C=O) groups excluding carboxylic acids is 2. The molecule has 1 aromatic carbocycles. The van der Waals surface area contributed by atoms with Crippen molar-refractivity contribution in [2.24, 2.45) is 5.41 Å². The minimum atomic E-state index is -0.814. The van der Waals surface area contributed by atoms with Crippen molar-refractivity contribution in [1.82, 2.24) is 0 Å². The molecule has 0 N–H and O–H groups in total. The van der Waals surface area contributed by atoms with Gasteiger partial charge in [-0.15, -0.1) is 0 Å². The van der Waals surface area contributed by atoms with Crippen LogP contribution in [-0.4, -0.2) is 26.0 Å². The van der Waals surface area contributed by atoms with Crippen molar-refractivity contribution in [2.75, 3.05) is 14.2 Å². The Balaban J connectivity index is 2.78. The van der Waals surface area contributed by atoms with Gasteiger partial charge >= 0.3 is 5.97 Å². The van der Waals surface area contributed by atoms with Crippen molar-refractivity contribution in [3.8, 4) is 5.75 Å². The zero-order valence-corrected chi connectivity index (χ0v) is 11.1. The molecule has 98 valence electrons. The molecule has 0 aliphatic carbocycles. The number of benzene rings is 1. The molecular weight excluding hydrogens is 232 g/mol. The molecule has 0 bridgehead atoms. The number of Topliss-reactive ketones (excluding diaryl/α,β-unsaturated/α-hetero) is 1. The number of ketones is 1. The van der Waals surface area contributed by atoms with Crippen LogP contribution in [0.2, 0.25) is 0 Å². The first-order valence-corrected chi connectivity index (χ1v) is 5.66. The van der Waals surface area contributed by atoms with Crippen LogP contribution >= 0.6 is 0 Å². The van der Waals surface area contributed by atoms with E-state index in [1.54, 1.807) is 45.2 Å². The van der Waals surface area contributed by atoms with E-state index in [2.05, 4.69) is 4.74 Å². The molecule has 0 aliphatic rings. The fraction of sp³-hybridized carbons (Fsp3) is 0.429. The molecule has 0 radical (unpaired) electrons. The molecule has 0 aromatic heterocycles. The topological polar surface area (TPSA) is 52.6 Å². The van der Waals surface area contributed by atoms with Crippen LogP contribution < -0.4 is 4.74 Å². The van der Waals surface area contributed by atoms with Crippen LogP contribution in [0.1, 0.15) is 30.6 Å². The molecule has 4 heteroatoms. The number of rotatable bonds is 5. The van der Waals surface area contributed by atoms with E-state index in [9.17, 15) is 9.59 Å². The zero-order chi connectivity index (χ0) is 13.8. The normalized spacial score (nSPS) is 10.9. The van der Waals surface area contributed by atoms with Crippen LogP contribution in [0.3, 0.4) is 0 Å². The van der Waals surface area contributed by atoms with Crippen LogP contribution in [0.15, 0.2) is 24.3 Å². The summed E-state index contributed by atoms with van der Waals surface area (Å²) in [4.78, 5) is 23.5. The van der Waals surface area contributed by atoms with E-state index in [1.165, 1.54) is 7.11 Å². The van der Waals surface area contributed by atoms with Crippen LogP contribution in [0.25, 0.3) is 0 Å². The predicted molar refractivity (Wildman–Crippen MR) is 67.7 cm³/mol. The van der Waals surface area contributed by atoms with Crippen LogP contribution in [0.5, 0.6) is 5.75 Å². The Labute approximate surface area is 107 Å². The second kappa shape index (κ2) is 5.67. The van der Waals surface area contributed by atoms with E-state index in [0.29, 0.717) is 11.3 Å². The molecule has 0 heterocycles. The Morgan fingerprint density at radius 2 is 1.67 bits per heavy atom. The van der Waals surface area contributed by atoms with Crippen molar-refractivity contribution in [2.45, 2.75) is 20.3 Å². The van der Waals surface area contributed by atoms with Crippen LogP contribution in [0.4, 0.5) is 0 Å². The number of ether oxygens (including phenoxy) is 2. The lowest BCUT2D eigenvalue weighted by molar-refractivity contribution is -0.150. The highest BCUT2D eigenvalue weighted by atomic mass is 16.5. The molecule has 0 fully saturated rings. The Morgan fingerprint density at radius 3 is 2.11 bits per heavy atom. The van der Waals surface area contributed by atoms with E-state index in [0.717, 1.165) is 0 Å². The van der Waals surface area contributed by atoms with Gasteiger partial charge in [0.1, 0.15) is 5.75 Å². The third kappa shape index (κ3) is 3.32. The number of hydrogen-bond acceptors (Lipinski definition) is 4. The molecule has 0 spiro atoms. The Morgan fingerprint density at radius 1 is 1.11 bits per heavy atom. The van der Waals surface area contributed by atoms with E-state index in [4.69, 9.17) is 4.74 Å². The van der Waals surface area contributed by atoms with Gasteiger partial charge in [0.25, 0.3) is 0 Å². The lowest BCUT2D eigenvalue weighted by Crippen LogP contribution is -2.28.